The number of pyridine rings is 1. The van der Waals surface area contributed by atoms with E-state index < -0.39 is 5.82 Å². The van der Waals surface area contributed by atoms with Gasteiger partial charge in [0.1, 0.15) is 11.3 Å². The molecule has 4 heterocycles. The molecule has 2 N–H and O–H groups in total. The van der Waals surface area contributed by atoms with E-state index in [0.29, 0.717) is 24.1 Å². The van der Waals surface area contributed by atoms with Gasteiger partial charge in [0.05, 0.1) is 24.7 Å². The van der Waals surface area contributed by atoms with Crippen LogP contribution in [0.1, 0.15) is 12.8 Å². The standard InChI is InChI=1S/C15H17ClFN5O2/c16-13-11(17)12-10(5-19-13)14(18)21-15(20-12)23-3-1-2-22-6-9-4-8(22)7-24-9/h5,8-9H,1-4,6-7H2,(H2,18,20,21)/t8-,9-/m0/s1. The molecule has 0 radical (unpaired) electrons. The normalized spacial score (nSPS) is 23.2. The lowest BCUT2D eigenvalue weighted by Gasteiger charge is -2.26. The molecule has 128 valence electrons. The van der Waals surface area contributed by atoms with Crippen LogP contribution in [0.25, 0.3) is 10.9 Å². The zero-order valence-electron chi connectivity index (χ0n) is 12.9. The van der Waals surface area contributed by atoms with Crippen molar-refractivity contribution in [3.05, 3.63) is 17.2 Å². The third kappa shape index (κ3) is 2.85. The van der Waals surface area contributed by atoms with E-state index in [4.69, 9.17) is 26.8 Å². The maximum atomic E-state index is 14.0. The minimum atomic E-state index is -0.721. The van der Waals surface area contributed by atoms with Crippen molar-refractivity contribution < 1.29 is 13.9 Å². The molecule has 0 saturated carbocycles. The van der Waals surface area contributed by atoms with E-state index in [0.717, 1.165) is 32.5 Å². The number of halogens is 2. The molecular formula is C15H17ClFN5O2. The highest BCUT2D eigenvalue weighted by molar-refractivity contribution is 6.30. The van der Waals surface area contributed by atoms with Crippen molar-refractivity contribution in [1.29, 1.82) is 0 Å². The summed E-state index contributed by atoms with van der Waals surface area (Å²) in [6.45, 7) is 3.17. The van der Waals surface area contributed by atoms with E-state index in [2.05, 4.69) is 19.9 Å². The number of likely N-dealkylation sites (tertiary alicyclic amines) is 1. The fraction of sp³-hybridized carbons (Fsp3) is 0.533. The van der Waals surface area contributed by atoms with Gasteiger partial charge in [0, 0.05) is 25.3 Å². The van der Waals surface area contributed by atoms with Gasteiger partial charge in [-0.05, 0) is 12.8 Å². The molecule has 2 aliphatic rings. The van der Waals surface area contributed by atoms with Crippen LogP contribution in [0.5, 0.6) is 6.01 Å². The molecular weight excluding hydrogens is 337 g/mol. The fourth-order valence-electron chi connectivity index (χ4n) is 3.28. The minimum absolute atomic E-state index is 0.0199. The van der Waals surface area contributed by atoms with Crippen LogP contribution in [-0.4, -0.2) is 58.3 Å². The first-order valence-electron chi connectivity index (χ1n) is 7.87. The summed E-state index contributed by atoms with van der Waals surface area (Å²) in [6, 6.07) is 0.582. The summed E-state index contributed by atoms with van der Waals surface area (Å²) in [5.74, 6) is -0.603. The quantitative estimate of drug-likeness (QED) is 0.646. The number of fused-ring (bicyclic) bond motifs is 3. The van der Waals surface area contributed by atoms with Crippen molar-refractivity contribution in [3.63, 3.8) is 0 Å². The Labute approximate surface area is 142 Å². The topological polar surface area (TPSA) is 86.4 Å². The van der Waals surface area contributed by atoms with E-state index in [-0.39, 0.29) is 22.5 Å². The van der Waals surface area contributed by atoms with Gasteiger partial charge in [0.25, 0.3) is 0 Å². The number of morpholine rings is 1. The molecule has 2 saturated heterocycles. The van der Waals surface area contributed by atoms with Crippen molar-refractivity contribution in [2.45, 2.75) is 25.0 Å². The van der Waals surface area contributed by atoms with Crippen LogP contribution in [0.15, 0.2) is 6.20 Å². The van der Waals surface area contributed by atoms with Gasteiger partial charge in [-0.1, -0.05) is 11.6 Å². The molecule has 24 heavy (non-hydrogen) atoms. The van der Waals surface area contributed by atoms with Crippen LogP contribution in [-0.2, 0) is 4.74 Å². The monoisotopic (exact) mass is 353 g/mol. The van der Waals surface area contributed by atoms with Crippen molar-refractivity contribution in [3.8, 4) is 6.01 Å². The fourth-order valence-corrected chi connectivity index (χ4v) is 3.42. The first-order valence-corrected chi connectivity index (χ1v) is 8.25. The highest BCUT2D eigenvalue weighted by Gasteiger charge is 2.38. The molecule has 9 heteroatoms. The number of hydrogen-bond acceptors (Lipinski definition) is 7. The Balaban J connectivity index is 1.38. The Morgan fingerprint density at radius 1 is 1.46 bits per heavy atom. The molecule has 0 amide bonds. The number of nitrogen functional groups attached to an aromatic ring is 1. The molecule has 2 aromatic rings. The average molecular weight is 354 g/mol. The Bertz CT molecular complexity index is 777. The number of aromatic nitrogens is 3. The van der Waals surface area contributed by atoms with Crippen molar-refractivity contribution >= 4 is 28.3 Å². The lowest BCUT2D eigenvalue weighted by Crippen LogP contribution is -2.37. The molecule has 0 unspecified atom stereocenters. The zero-order chi connectivity index (χ0) is 16.7. The molecule has 2 fully saturated rings. The first-order chi connectivity index (χ1) is 11.6. The molecule has 0 aliphatic carbocycles. The van der Waals surface area contributed by atoms with Crippen molar-refractivity contribution in [2.24, 2.45) is 0 Å². The predicted octanol–water partition coefficient (Wildman–Crippen LogP) is 1.64. The lowest BCUT2D eigenvalue weighted by atomic mass is 10.2. The van der Waals surface area contributed by atoms with Crippen LogP contribution >= 0.6 is 11.6 Å². The van der Waals surface area contributed by atoms with Gasteiger partial charge in [0.2, 0.25) is 0 Å². The number of nitrogens with zero attached hydrogens (tertiary/aromatic N) is 4. The Hall–Kier alpha value is -1.77. The van der Waals surface area contributed by atoms with Gasteiger partial charge in [-0.3, -0.25) is 4.90 Å². The Kier molecular flexibility index (Phi) is 4.11. The molecule has 2 aromatic heterocycles. The van der Waals surface area contributed by atoms with Crippen molar-refractivity contribution in [2.75, 3.05) is 32.0 Å². The molecule has 2 bridgehead atoms. The number of anilines is 1. The summed E-state index contributed by atoms with van der Waals surface area (Å²) in [5, 5.41) is 0.0650. The zero-order valence-corrected chi connectivity index (χ0v) is 13.7. The third-order valence-corrected chi connectivity index (χ3v) is 4.75. The largest absolute Gasteiger partial charge is 0.463 e. The summed E-state index contributed by atoms with van der Waals surface area (Å²) in [6.07, 6.45) is 3.69. The Morgan fingerprint density at radius 3 is 3.08 bits per heavy atom. The van der Waals surface area contributed by atoms with Gasteiger partial charge in [0.15, 0.2) is 11.0 Å². The highest BCUT2D eigenvalue weighted by Crippen LogP contribution is 2.28. The van der Waals surface area contributed by atoms with Gasteiger partial charge >= 0.3 is 6.01 Å². The lowest BCUT2D eigenvalue weighted by molar-refractivity contribution is 0.0287. The van der Waals surface area contributed by atoms with Crippen molar-refractivity contribution in [1.82, 2.24) is 19.9 Å². The van der Waals surface area contributed by atoms with Crippen LogP contribution in [0, 0.1) is 5.82 Å². The highest BCUT2D eigenvalue weighted by atomic mass is 35.5. The summed E-state index contributed by atoms with van der Waals surface area (Å²) in [5.41, 5.74) is 5.84. The minimum Gasteiger partial charge on any atom is -0.463 e. The summed E-state index contributed by atoms with van der Waals surface area (Å²) in [7, 11) is 0. The summed E-state index contributed by atoms with van der Waals surface area (Å²) in [4.78, 5) is 14.2. The second-order valence-corrected chi connectivity index (χ2v) is 6.42. The van der Waals surface area contributed by atoms with Gasteiger partial charge in [-0.15, -0.1) is 0 Å². The maximum absolute atomic E-state index is 14.0. The predicted molar refractivity (Wildman–Crippen MR) is 86.5 cm³/mol. The van der Waals surface area contributed by atoms with Crippen LogP contribution in [0.4, 0.5) is 10.2 Å². The third-order valence-electron chi connectivity index (χ3n) is 4.49. The average Bonchev–Trinajstić information content (AvgIpc) is 3.18. The molecule has 2 aliphatic heterocycles. The van der Waals surface area contributed by atoms with Gasteiger partial charge in [-0.2, -0.15) is 9.97 Å². The van der Waals surface area contributed by atoms with Crippen LogP contribution in [0.3, 0.4) is 0 Å². The van der Waals surface area contributed by atoms with E-state index in [1.807, 2.05) is 0 Å². The van der Waals surface area contributed by atoms with E-state index in [1.54, 1.807) is 0 Å². The molecule has 2 atom stereocenters. The smallest absolute Gasteiger partial charge is 0.319 e. The molecule has 4 rings (SSSR count). The SMILES string of the molecule is Nc1nc(OCCCN2C[C@@H]3C[C@H]2CO3)nc2c(F)c(Cl)ncc12. The van der Waals surface area contributed by atoms with Gasteiger partial charge < -0.3 is 15.2 Å². The number of rotatable bonds is 5. The van der Waals surface area contributed by atoms with Crippen LogP contribution < -0.4 is 10.5 Å². The number of ether oxygens (including phenoxy) is 2. The number of hydrogen-bond donors (Lipinski definition) is 1. The maximum Gasteiger partial charge on any atom is 0.319 e. The second-order valence-electron chi connectivity index (χ2n) is 6.06. The Morgan fingerprint density at radius 2 is 2.33 bits per heavy atom. The second kappa shape index (κ2) is 6.27. The first kappa shape index (κ1) is 15.7. The van der Waals surface area contributed by atoms with E-state index in [9.17, 15) is 4.39 Å². The van der Waals surface area contributed by atoms with Crippen LogP contribution in [0.2, 0.25) is 5.15 Å². The molecule has 0 aromatic carbocycles. The van der Waals surface area contributed by atoms with E-state index >= 15 is 0 Å². The van der Waals surface area contributed by atoms with Gasteiger partial charge in [-0.25, -0.2) is 9.37 Å². The van der Waals surface area contributed by atoms with E-state index in [1.165, 1.54) is 6.20 Å². The summed E-state index contributed by atoms with van der Waals surface area (Å²) >= 11 is 5.68. The summed E-state index contributed by atoms with van der Waals surface area (Å²) < 4.78 is 25.1. The number of nitrogens with two attached hydrogens (primary N) is 1. The molecule has 7 nitrogen and oxygen atoms in total. The molecule has 0 spiro atoms.